The van der Waals surface area contributed by atoms with E-state index < -0.39 is 5.60 Å². The Balaban J connectivity index is 1.79. The van der Waals surface area contributed by atoms with Crippen molar-refractivity contribution in [2.45, 2.75) is 64.0 Å². The van der Waals surface area contributed by atoms with Gasteiger partial charge in [-0.2, -0.15) is 0 Å². The summed E-state index contributed by atoms with van der Waals surface area (Å²) >= 11 is 0. The lowest BCUT2D eigenvalue weighted by Crippen LogP contribution is -2.53. The van der Waals surface area contributed by atoms with Crippen molar-refractivity contribution in [3.63, 3.8) is 0 Å². The largest absolute Gasteiger partial charge is 0.388 e. The van der Waals surface area contributed by atoms with E-state index in [2.05, 4.69) is 24.5 Å². The van der Waals surface area contributed by atoms with Gasteiger partial charge in [0.05, 0.1) is 11.6 Å². The van der Waals surface area contributed by atoms with Crippen LogP contribution >= 0.6 is 0 Å². The molecular formula is C15H28N2O2. The molecule has 2 aliphatic rings. The average molecular weight is 268 g/mol. The van der Waals surface area contributed by atoms with E-state index in [1.165, 1.54) is 6.42 Å². The number of carbonyl (C=O) groups excluding carboxylic acids is 1. The summed E-state index contributed by atoms with van der Waals surface area (Å²) < 4.78 is 0. The number of rotatable bonds is 3. The lowest BCUT2D eigenvalue weighted by molar-refractivity contribution is -0.125. The summed E-state index contributed by atoms with van der Waals surface area (Å²) in [6.07, 6.45) is 5.92. The van der Waals surface area contributed by atoms with Crippen molar-refractivity contribution in [2.24, 2.45) is 11.8 Å². The Bertz CT molecular complexity index is 321. The van der Waals surface area contributed by atoms with Gasteiger partial charge in [-0.25, -0.2) is 0 Å². The summed E-state index contributed by atoms with van der Waals surface area (Å²) in [4.78, 5) is 12.1. The molecule has 1 saturated heterocycles. The summed E-state index contributed by atoms with van der Waals surface area (Å²) in [6.45, 7) is 5.69. The molecular weight excluding hydrogens is 240 g/mol. The average Bonchev–Trinajstić information content (AvgIpc) is 2.36. The first-order valence-electron chi connectivity index (χ1n) is 7.72. The lowest BCUT2D eigenvalue weighted by atomic mass is 9.79. The van der Waals surface area contributed by atoms with Crippen LogP contribution in [0, 0.1) is 11.8 Å². The molecule has 2 rings (SSSR count). The van der Waals surface area contributed by atoms with Crippen LogP contribution in [-0.2, 0) is 4.79 Å². The van der Waals surface area contributed by atoms with Gasteiger partial charge in [0.25, 0.3) is 0 Å². The highest BCUT2D eigenvalue weighted by atomic mass is 16.3. The zero-order valence-electron chi connectivity index (χ0n) is 12.2. The number of nitrogens with one attached hydrogen (secondary N) is 2. The first kappa shape index (κ1) is 14.8. The predicted molar refractivity (Wildman–Crippen MR) is 75.8 cm³/mol. The van der Waals surface area contributed by atoms with Gasteiger partial charge < -0.3 is 15.7 Å². The Morgan fingerprint density at radius 3 is 2.84 bits per heavy atom. The second-order valence-electron chi connectivity index (χ2n) is 6.78. The summed E-state index contributed by atoms with van der Waals surface area (Å²) in [5, 5.41) is 16.7. The third-order valence-electron chi connectivity index (χ3n) is 4.64. The topological polar surface area (TPSA) is 61.4 Å². The molecule has 1 heterocycles. The highest BCUT2D eigenvalue weighted by Crippen LogP contribution is 2.31. The van der Waals surface area contributed by atoms with Gasteiger partial charge in [-0.05, 0) is 44.1 Å². The van der Waals surface area contributed by atoms with Crippen LogP contribution < -0.4 is 10.6 Å². The molecule has 19 heavy (non-hydrogen) atoms. The molecule has 1 aliphatic carbocycles. The molecule has 2 fully saturated rings. The maximum Gasteiger partial charge on any atom is 0.237 e. The molecule has 4 heteroatoms. The first-order valence-corrected chi connectivity index (χ1v) is 7.72. The van der Waals surface area contributed by atoms with Crippen LogP contribution in [0.4, 0.5) is 0 Å². The van der Waals surface area contributed by atoms with E-state index in [-0.39, 0.29) is 11.9 Å². The Morgan fingerprint density at radius 2 is 2.16 bits per heavy atom. The highest BCUT2D eigenvalue weighted by molar-refractivity contribution is 5.81. The monoisotopic (exact) mass is 268 g/mol. The van der Waals surface area contributed by atoms with Gasteiger partial charge >= 0.3 is 0 Å². The summed E-state index contributed by atoms with van der Waals surface area (Å²) in [6, 6.07) is -0.0756. The van der Waals surface area contributed by atoms with Gasteiger partial charge in [0, 0.05) is 6.54 Å². The molecule has 4 unspecified atom stereocenters. The zero-order valence-corrected chi connectivity index (χ0v) is 12.2. The third kappa shape index (κ3) is 4.18. The fraction of sp³-hybridized carbons (Fsp3) is 0.933. The minimum Gasteiger partial charge on any atom is -0.388 e. The van der Waals surface area contributed by atoms with E-state index in [1.54, 1.807) is 0 Å². The van der Waals surface area contributed by atoms with Crippen LogP contribution in [0.2, 0.25) is 0 Å². The van der Waals surface area contributed by atoms with Crippen molar-refractivity contribution >= 4 is 5.91 Å². The number of hydrogen-bond acceptors (Lipinski definition) is 3. The maximum absolute atomic E-state index is 12.1. The van der Waals surface area contributed by atoms with Gasteiger partial charge in [0.15, 0.2) is 0 Å². The summed E-state index contributed by atoms with van der Waals surface area (Å²) in [7, 11) is 0. The number of amides is 1. The zero-order chi connectivity index (χ0) is 13.9. The second-order valence-corrected chi connectivity index (χ2v) is 6.78. The molecule has 4 atom stereocenters. The Kier molecular flexibility index (Phi) is 4.85. The van der Waals surface area contributed by atoms with Crippen molar-refractivity contribution in [3.05, 3.63) is 0 Å². The second kappa shape index (κ2) is 6.23. The van der Waals surface area contributed by atoms with Crippen molar-refractivity contribution in [1.29, 1.82) is 0 Å². The minimum absolute atomic E-state index is 0.0539. The molecule has 110 valence electrons. The van der Waals surface area contributed by atoms with Crippen molar-refractivity contribution in [2.75, 3.05) is 13.1 Å². The van der Waals surface area contributed by atoms with Crippen molar-refractivity contribution < 1.29 is 9.90 Å². The summed E-state index contributed by atoms with van der Waals surface area (Å²) in [5.74, 6) is 1.22. The number of aliphatic hydroxyl groups is 1. The minimum atomic E-state index is -0.687. The summed E-state index contributed by atoms with van der Waals surface area (Å²) in [5.41, 5.74) is -0.687. The number of piperidine rings is 1. The van der Waals surface area contributed by atoms with Crippen LogP contribution in [0.15, 0.2) is 0 Å². The molecule has 0 spiro atoms. The van der Waals surface area contributed by atoms with Crippen molar-refractivity contribution in [1.82, 2.24) is 10.6 Å². The number of hydrogen-bond donors (Lipinski definition) is 3. The molecule has 4 nitrogen and oxygen atoms in total. The molecule has 0 aromatic carbocycles. The first-order chi connectivity index (χ1) is 8.98. The lowest BCUT2D eigenvalue weighted by Gasteiger charge is -2.36. The normalized spacial score (nSPS) is 39.8. The molecule has 1 amide bonds. The van der Waals surface area contributed by atoms with Crippen molar-refractivity contribution in [3.8, 4) is 0 Å². The van der Waals surface area contributed by atoms with Gasteiger partial charge in [0.2, 0.25) is 5.91 Å². The fourth-order valence-electron chi connectivity index (χ4n) is 3.47. The highest BCUT2D eigenvalue weighted by Gasteiger charge is 2.34. The van der Waals surface area contributed by atoms with E-state index >= 15 is 0 Å². The number of carbonyl (C=O) groups is 1. The molecule has 0 aromatic rings. The molecule has 0 aromatic heterocycles. The maximum atomic E-state index is 12.1. The smallest absolute Gasteiger partial charge is 0.237 e. The van der Waals surface area contributed by atoms with E-state index in [0.717, 1.165) is 38.6 Å². The molecule has 1 aliphatic heterocycles. The van der Waals surface area contributed by atoms with Crippen LogP contribution in [0.3, 0.4) is 0 Å². The Morgan fingerprint density at radius 1 is 1.37 bits per heavy atom. The van der Waals surface area contributed by atoms with E-state index in [1.807, 2.05) is 0 Å². The van der Waals surface area contributed by atoms with E-state index in [9.17, 15) is 9.90 Å². The van der Waals surface area contributed by atoms with Crippen LogP contribution in [0.25, 0.3) is 0 Å². The van der Waals surface area contributed by atoms with Gasteiger partial charge in [-0.3, -0.25) is 4.79 Å². The van der Waals surface area contributed by atoms with Gasteiger partial charge in [-0.15, -0.1) is 0 Å². The molecule has 3 N–H and O–H groups in total. The Hall–Kier alpha value is -0.610. The molecule has 1 saturated carbocycles. The van der Waals surface area contributed by atoms with Gasteiger partial charge in [0.1, 0.15) is 0 Å². The van der Waals surface area contributed by atoms with Gasteiger partial charge in [-0.1, -0.05) is 26.7 Å². The van der Waals surface area contributed by atoms with Crippen LogP contribution in [0.1, 0.15) is 52.4 Å². The van der Waals surface area contributed by atoms with Crippen LogP contribution in [0.5, 0.6) is 0 Å². The predicted octanol–water partition coefficient (Wildman–Crippen LogP) is 1.43. The third-order valence-corrected chi connectivity index (χ3v) is 4.64. The standard InChI is InChI=1S/C15H28N2O2/c1-11-5-7-16-13(8-11)14(18)17-10-15(19)6-3-4-12(2)9-15/h11-13,16,19H,3-10H2,1-2H3,(H,17,18). The fourth-order valence-corrected chi connectivity index (χ4v) is 3.47. The van der Waals surface area contributed by atoms with E-state index in [4.69, 9.17) is 0 Å². The Labute approximate surface area is 116 Å². The quantitative estimate of drug-likeness (QED) is 0.725. The van der Waals surface area contributed by atoms with Crippen LogP contribution in [-0.4, -0.2) is 35.7 Å². The SMILES string of the molecule is CC1CCNC(C(=O)NCC2(O)CCCC(C)C2)C1. The molecule has 0 radical (unpaired) electrons. The molecule has 0 bridgehead atoms. The van der Waals surface area contributed by atoms with E-state index in [0.29, 0.717) is 18.4 Å².